The molecule has 0 aliphatic carbocycles. The third kappa shape index (κ3) is 5.20. The van der Waals surface area contributed by atoms with E-state index >= 15 is 0 Å². The molecule has 10 nitrogen and oxygen atoms in total. The van der Waals surface area contributed by atoms with Gasteiger partial charge in [-0.05, 0) is 42.7 Å². The number of nitrogens with zero attached hydrogens (tertiary/aromatic N) is 3. The first kappa shape index (κ1) is 23.7. The normalized spacial score (nSPS) is 15.1. The summed E-state index contributed by atoms with van der Waals surface area (Å²) < 4.78 is 41.2. The van der Waals surface area contributed by atoms with Gasteiger partial charge in [0.2, 0.25) is 15.9 Å². The molecule has 0 saturated heterocycles. The highest BCUT2D eigenvalue weighted by atomic mass is 32.2. The molecule has 3 aromatic rings. The van der Waals surface area contributed by atoms with E-state index in [0.29, 0.717) is 24.7 Å². The number of fused-ring (bicyclic) bond motifs is 1. The van der Waals surface area contributed by atoms with Crippen LogP contribution < -0.4 is 19.5 Å². The summed E-state index contributed by atoms with van der Waals surface area (Å²) in [5.74, 6) is 0.160. The predicted molar refractivity (Wildman–Crippen MR) is 124 cm³/mol. The van der Waals surface area contributed by atoms with Crippen molar-refractivity contribution >= 4 is 15.9 Å². The van der Waals surface area contributed by atoms with E-state index in [2.05, 4.69) is 20.1 Å². The number of carbonyl (C=O) groups is 1. The van der Waals surface area contributed by atoms with Crippen LogP contribution in [0.5, 0.6) is 11.5 Å². The first-order valence-electron chi connectivity index (χ1n) is 10.9. The number of hydrogen-bond donors (Lipinski definition) is 2. The highest BCUT2D eigenvalue weighted by molar-refractivity contribution is 7.89. The van der Waals surface area contributed by atoms with Gasteiger partial charge in [-0.3, -0.25) is 4.79 Å². The average Bonchev–Trinajstić information content (AvgIpc) is 3.37. The molecule has 11 heteroatoms. The molecule has 0 radical (unpaired) electrons. The van der Waals surface area contributed by atoms with Crippen molar-refractivity contribution in [3.05, 3.63) is 60.7 Å². The molecule has 1 aliphatic heterocycles. The lowest BCUT2D eigenvalue weighted by molar-refractivity contribution is -0.124. The average molecular weight is 486 g/mol. The second-order valence-corrected chi connectivity index (χ2v) is 10.0. The molecule has 0 unspecified atom stereocenters. The lowest BCUT2D eigenvalue weighted by Gasteiger charge is -2.25. The van der Waals surface area contributed by atoms with E-state index in [4.69, 9.17) is 9.47 Å². The van der Waals surface area contributed by atoms with Gasteiger partial charge in [0.15, 0.2) is 11.5 Å². The summed E-state index contributed by atoms with van der Waals surface area (Å²) >= 11 is 0. The zero-order valence-electron chi connectivity index (χ0n) is 19.1. The largest absolute Gasteiger partial charge is 0.486 e. The van der Waals surface area contributed by atoms with Crippen LogP contribution in [0.3, 0.4) is 0 Å². The van der Waals surface area contributed by atoms with Gasteiger partial charge >= 0.3 is 0 Å². The maximum Gasteiger partial charge on any atom is 0.241 e. The second kappa shape index (κ2) is 9.82. The molecule has 0 spiro atoms. The van der Waals surface area contributed by atoms with Gasteiger partial charge in [-0.1, -0.05) is 26.0 Å². The van der Waals surface area contributed by atoms with E-state index < -0.39 is 22.0 Å². The minimum atomic E-state index is -3.98. The monoisotopic (exact) mass is 485 g/mol. The molecule has 0 bridgehead atoms. The molecule has 2 atom stereocenters. The van der Waals surface area contributed by atoms with E-state index in [1.165, 1.54) is 18.5 Å². The van der Waals surface area contributed by atoms with Gasteiger partial charge in [-0.15, -0.1) is 0 Å². The summed E-state index contributed by atoms with van der Waals surface area (Å²) in [6.07, 6.45) is 3.05. The van der Waals surface area contributed by atoms with Crippen molar-refractivity contribution in [1.29, 1.82) is 0 Å². The topological polar surface area (TPSA) is 124 Å². The number of rotatable bonds is 8. The Morgan fingerprint density at radius 1 is 1.03 bits per heavy atom. The molecular formula is C23H27N5O5S. The van der Waals surface area contributed by atoms with Crippen LogP contribution in [0.4, 0.5) is 0 Å². The van der Waals surface area contributed by atoms with Crippen molar-refractivity contribution in [3.8, 4) is 17.2 Å². The fraction of sp³-hybridized carbons (Fsp3) is 0.348. The van der Waals surface area contributed by atoms with E-state index in [1.54, 1.807) is 30.9 Å². The maximum atomic E-state index is 13.1. The quantitative estimate of drug-likeness (QED) is 0.501. The van der Waals surface area contributed by atoms with Gasteiger partial charge in [0.05, 0.1) is 16.6 Å². The Bertz CT molecular complexity index is 1240. The Labute approximate surface area is 198 Å². The number of ether oxygens (including phenoxy) is 2. The molecule has 2 aromatic carbocycles. The molecule has 0 saturated carbocycles. The van der Waals surface area contributed by atoms with Crippen LogP contribution >= 0.6 is 0 Å². The Kier molecular flexibility index (Phi) is 6.85. The summed E-state index contributed by atoms with van der Waals surface area (Å²) in [6.45, 7) is 6.17. The Balaban J connectivity index is 1.46. The predicted octanol–water partition coefficient (Wildman–Crippen LogP) is 2.22. The van der Waals surface area contributed by atoms with Gasteiger partial charge in [-0.25, -0.2) is 18.1 Å². The number of carbonyl (C=O) groups excluding carboxylic acids is 1. The summed E-state index contributed by atoms with van der Waals surface area (Å²) in [6, 6.07) is 10.6. The van der Waals surface area contributed by atoms with Crippen molar-refractivity contribution in [2.24, 2.45) is 5.92 Å². The zero-order valence-corrected chi connectivity index (χ0v) is 20.0. The van der Waals surface area contributed by atoms with Crippen LogP contribution in [0, 0.1) is 5.92 Å². The maximum absolute atomic E-state index is 13.1. The summed E-state index contributed by atoms with van der Waals surface area (Å²) in [5.41, 5.74) is 1.71. The first-order chi connectivity index (χ1) is 16.2. The highest BCUT2D eigenvalue weighted by Crippen LogP contribution is 2.32. The van der Waals surface area contributed by atoms with Crippen molar-refractivity contribution in [3.63, 3.8) is 0 Å². The molecule has 1 amide bonds. The van der Waals surface area contributed by atoms with Crippen molar-refractivity contribution < 1.29 is 22.7 Å². The third-order valence-electron chi connectivity index (χ3n) is 5.49. The molecule has 1 aliphatic rings. The molecule has 2 heterocycles. The third-order valence-corrected chi connectivity index (χ3v) is 6.93. The van der Waals surface area contributed by atoms with Gasteiger partial charge in [0.25, 0.3) is 0 Å². The molecule has 0 fully saturated rings. The van der Waals surface area contributed by atoms with Crippen LogP contribution in [0.2, 0.25) is 0 Å². The SMILES string of the molecule is CC(C)[C@@H](NS(=O)(=O)c1ccc2c(c1)OCCO2)C(=O)N[C@H](C)c1ccc(-n2cncn2)cc1. The van der Waals surface area contributed by atoms with Crippen LogP contribution in [0.15, 0.2) is 60.0 Å². The standard InChI is InChI=1S/C23H27N5O5S/c1-15(2)22(27-34(30,31)19-8-9-20-21(12-19)33-11-10-32-20)23(29)26-16(3)17-4-6-18(7-5-17)28-14-24-13-25-28/h4-9,12-16,22,27H,10-11H2,1-3H3,(H,26,29)/t16-,22-/m1/s1. The number of benzene rings is 2. The van der Waals surface area contributed by atoms with Gasteiger partial charge in [0.1, 0.15) is 31.9 Å². The second-order valence-electron chi connectivity index (χ2n) is 8.31. The molecule has 180 valence electrons. The Morgan fingerprint density at radius 2 is 1.74 bits per heavy atom. The summed E-state index contributed by atoms with van der Waals surface area (Å²) in [5, 5.41) is 7.00. The van der Waals surface area contributed by atoms with Gasteiger partial charge in [0, 0.05) is 6.07 Å². The van der Waals surface area contributed by atoms with Crippen LogP contribution in [-0.2, 0) is 14.8 Å². The zero-order chi connectivity index (χ0) is 24.3. The van der Waals surface area contributed by atoms with Crippen molar-refractivity contribution in [2.45, 2.75) is 37.8 Å². The summed E-state index contributed by atoms with van der Waals surface area (Å²) in [4.78, 5) is 17.0. The minimum Gasteiger partial charge on any atom is -0.486 e. The number of sulfonamides is 1. The minimum absolute atomic E-state index is 0.00643. The number of aromatic nitrogens is 3. The molecule has 4 rings (SSSR count). The van der Waals surface area contributed by atoms with E-state index in [0.717, 1.165) is 11.3 Å². The number of hydrogen-bond acceptors (Lipinski definition) is 7. The van der Waals surface area contributed by atoms with Crippen LogP contribution in [0.25, 0.3) is 5.69 Å². The molecule has 2 N–H and O–H groups in total. The van der Waals surface area contributed by atoms with E-state index in [-0.39, 0.29) is 16.9 Å². The summed E-state index contributed by atoms with van der Waals surface area (Å²) in [7, 11) is -3.98. The van der Waals surface area contributed by atoms with Crippen LogP contribution in [0.1, 0.15) is 32.4 Å². The molecule has 34 heavy (non-hydrogen) atoms. The van der Waals surface area contributed by atoms with Gasteiger partial charge in [-0.2, -0.15) is 9.82 Å². The fourth-order valence-electron chi connectivity index (χ4n) is 3.56. The lowest BCUT2D eigenvalue weighted by Crippen LogP contribution is -2.50. The Morgan fingerprint density at radius 3 is 2.38 bits per heavy atom. The van der Waals surface area contributed by atoms with Gasteiger partial charge < -0.3 is 14.8 Å². The smallest absolute Gasteiger partial charge is 0.241 e. The lowest BCUT2D eigenvalue weighted by atomic mass is 10.0. The number of amides is 1. The van der Waals surface area contributed by atoms with E-state index in [9.17, 15) is 13.2 Å². The van der Waals surface area contributed by atoms with Crippen molar-refractivity contribution in [1.82, 2.24) is 24.8 Å². The molecular weight excluding hydrogens is 458 g/mol. The van der Waals surface area contributed by atoms with E-state index in [1.807, 2.05) is 31.2 Å². The van der Waals surface area contributed by atoms with Crippen molar-refractivity contribution in [2.75, 3.05) is 13.2 Å². The molecule has 1 aromatic heterocycles. The number of nitrogens with one attached hydrogen (secondary N) is 2. The fourth-order valence-corrected chi connectivity index (χ4v) is 4.92. The van der Waals surface area contributed by atoms with Crippen LogP contribution in [-0.4, -0.2) is 48.3 Å². The highest BCUT2D eigenvalue weighted by Gasteiger charge is 2.30. The Hall–Kier alpha value is -3.44. The first-order valence-corrected chi connectivity index (χ1v) is 12.4.